The predicted molar refractivity (Wildman–Crippen MR) is 381 cm³/mol. The number of imidazole rings is 3. The fourth-order valence-electron chi connectivity index (χ4n) is 9.55. The van der Waals surface area contributed by atoms with Crippen molar-refractivity contribution in [2.24, 2.45) is 14.1 Å². The van der Waals surface area contributed by atoms with E-state index in [2.05, 4.69) is 93.1 Å². The summed E-state index contributed by atoms with van der Waals surface area (Å²) in [6.07, 6.45) is -1.15. The van der Waals surface area contributed by atoms with E-state index in [4.69, 9.17) is 20.6 Å². The van der Waals surface area contributed by atoms with Crippen LogP contribution in [0.1, 0.15) is 242 Å². The Balaban J connectivity index is 0.000000418. The number of halogens is 12. The average molecular weight is 1510 g/mol. The maximum Gasteiger partial charge on any atom is 0.435 e. The summed E-state index contributed by atoms with van der Waals surface area (Å²) in [4.78, 5) is 29.0. The molecule has 0 radical (unpaired) electrons. The van der Waals surface area contributed by atoms with Crippen LogP contribution in [-0.4, -0.2) is 125 Å². The van der Waals surface area contributed by atoms with Crippen molar-refractivity contribution in [3.63, 3.8) is 0 Å². The number of likely N-dealkylation sites (N-methyl/N-ethyl adjacent to an activating group) is 1. The molecule has 0 fully saturated rings. The van der Waals surface area contributed by atoms with Crippen molar-refractivity contribution in [1.82, 2.24) is 83.0 Å². The Kier molecular flexibility index (Phi) is 30.3. The molecule has 21 nitrogen and oxygen atoms in total. The van der Waals surface area contributed by atoms with E-state index < -0.39 is 52.5 Å². The van der Waals surface area contributed by atoms with Crippen molar-refractivity contribution < 1.29 is 71.7 Å². The molecule has 0 saturated carbocycles. The first-order chi connectivity index (χ1) is 47.0. The van der Waals surface area contributed by atoms with Crippen molar-refractivity contribution >= 4 is 5.91 Å². The van der Waals surface area contributed by atoms with Gasteiger partial charge in [-0.25, -0.2) is 29.0 Å². The first kappa shape index (κ1) is 93.0. The number of hydrogen-bond donors (Lipinski definition) is 1. The van der Waals surface area contributed by atoms with E-state index in [1.54, 1.807) is 80.7 Å². The van der Waals surface area contributed by atoms with E-state index in [1.807, 2.05) is 98.5 Å². The fraction of sp³-hybridized carbons (Fsp3) is 0.681. The number of terminal acetylenes is 1. The van der Waals surface area contributed by atoms with Gasteiger partial charge in [0.25, 0.3) is 11.8 Å². The highest BCUT2D eigenvalue weighted by Gasteiger charge is 2.41. The highest BCUT2D eigenvalue weighted by molar-refractivity contribution is 5.75. The lowest BCUT2D eigenvalue weighted by atomic mass is 9.93. The third-order valence-electron chi connectivity index (χ3n) is 14.7. The van der Waals surface area contributed by atoms with Crippen LogP contribution in [0.4, 0.5) is 52.7 Å². The Morgan fingerprint density at radius 2 is 1.04 bits per heavy atom. The third-order valence-corrected chi connectivity index (χ3v) is 14.7. The van der Waals surface area contributed by atoms with E-state index in [-0.39, 0.29) is 68.7 Å². The minimum absolute atomic E-state index is 0.0131. The number of hydrogen-bond acceptors (Lipinski definition) is 13. The number of aromatic nitrogens is 15. The summed E-state index contributed by atoms with van der Waals surface area (Å²) >= 11 is 0. The molecular weight excluding hydrogens is 1390 g/mol. The number of rotatable bonds is 9. The van der Waals surface area contributed by atoms with Gasteiger partial charge >= 0.3 is 24.3 Å². The molecule has 8 heterocycles. The molecule has 1 aliphatic rings. The molecule has 105 heavy (non-hydrogen) atoms. The number of carbonyl (C=O) groups is 1. The third kappa shape index (κ3) is 27.4. The van der Waals surface area contributed by atoms with E-state index in [0.29, 0.717) is 48.7 Å². The number of fused-ring (bicyclic) bond motifs is 1. The molecule has 33 heteroatoms. The van der Waals surface area contributed by atoms with Gasteiger partial charge in [0, 0.05) is 120 Å². The molecule has 0 bridgehead atoms. The molecule has 7 aromatic heterocycles. The highest BCUT2D eigenvalue weighted by atomic mass is 19.4. The lowest BCUT2D eigenvalue weighted by Crippen LogP contribution is -2.32. The van der Waals surface area contributed by atoms with E-state index >= 15 is 0 Å². The molecular formula is C72H113F12N17O4. The van der Waals surface area contributed by atoms with Gasteiger partial charge in [-0.2, -0.15) is 78.1 Å². The van der Waals surface area contributed by atoms with Gasteiger partial charge in [-0.15, -0.1) is 6.42 Å². The zero-order valence-corrected chi connectivity index (χ0v) is 67.3. The van der Waals surface area contributed by atoms with Crippen molar-refractivity contribution in [2.45, 2.75) is 268 Å². The average Bonchev–Trinajstić information content (AvgIpc) is 1.62. The summed E-state index contributed by atoms with van der Waals surface area (Å²) in [6, 6.07) is 4.67. The standard InChI is InChI=1S/C12H18F3N3O.C12H19F2N3.C11H18F2N2O.C10H16F2N2.C10H14N2.C9H13F3N2O.C8H15N3O/c1-11(2,3)10-16-8(12(13,14)15)6-18(10)7-9(19)17(4)5;1-11(2,3)10-16-9(12(4,13)14)8-7-15-5-6-17(8)10;1-6-16-9-7-8(11(5,12)13)14-15(9)10(2,3)4;1-9(2,3)7-6-14(5)8(13-7)10(4,11)12;1-6-9-7-8(2)12(11-9)10(3,4)5;1-8(2,3)14-7(15-4)5-6(13-14)9(10,11)12;1-8(2,3)6-9-7(12-5)11(4)10-6/h6H,7H2,1-5H3;15H,5-7H2,1-4H3;7H,6H2,1-5H3;6H,1-5H3;1,7H,2-5H3;5H,1-4H3;1-5H3. The SMILES string of the molecule is C#Cc1cc(C)n(C(C)(C)C)n1.CC(C)(C)c1nc(C(C)(F)F)c2n1CCNC2.CCOc1cc(C(C)(F)F)nn1C(C)(C)C.CN(C)C(=O)Cn1cc(C(F)(F)F)nc1C(C)(C)C.COc1cc(C(F)(F)F)nn1C(C)(C)C.COc1nc(C(C)(C)C)nn1C.Cn1cc(C(C)(C)C)nc1C(C)(F)F. The molecule has 0 aromatic carbocycles. The molecule has 0 spiro atoms. The smallest absolute Gasteiger partial charge is 0.435 e. The van der Waals surface area contributed by atoms with Crippen LogP contribution >= 0.6 is 0 Å². The highest BCUT2D eigenvalue weighted by Crippen LogP contribution is 2.38. The van der Waals surface area contributed by atoms with Crippen LogP contribution in [0, 0.1) is 19.3 Å². The van der Waals surface area contributed by atoms with Gasteiger partial charge in [-0.05, 0) is 88.1 Å². The predicted octanol–water partition coefficient (Wildman–Crippen LogP) is 16.4. The lowest BCUT2D eigenvalue weighted by molar-refractivity contribution is -0.142. The number of nitrogens with one attached hydrogen (secondary N) is 1. The molecule has 0 unspecified atom stereocenters. The first-order valence-electron chi connectivity index (χ1n) is 33.8. The molecule has 1 aliphatic heterocycles. The summed E-state index contributed by atoms with van der Waals surface area (Å²) in [5, 5.41) is 19.0. The molecule has 0 saturated heterocycles. The van der Waals surface area contributed by atoms with Gasteiger partial charge in [0.1, 0.15) is 35.3 Å². The van der Waals surface area contributed by atoms with Gasteiger partial charge in [0.05, 0.1) is 48.8 Å². The Labute approximate surface area is 611 Å². The van der Waals surface area contributed by atoms with Gasteiger partial charge in [-0.1, -0.05) is 83.1 Å². The second-order valence-electron chi connectivity index (χ2n) is 32.6. The number of alkyl halides is 12. The Morgan fingerprint density at radius 1 is 0.552 bits per heavy atom. The summed E-state index contributed by atoms with van der Waals surface area (Å²) in [5.41, 5.74) is -1.01. The second-order valence-corrected chi connectivity index (χ2v) is 32.6. The second kappa shape index (κ2) is 34.2. The van der Waals surface area contributed by atoms with Gasteiger partial charge in [-0.3, -0.25) is 9.48 Å². The van der Waals surface area contributed by atoms with E-state index in [1.165, 1.54) is 36.6 Å². The van der Waals surface area contributed by atoms with Crippen molar-refractivity contribution in [1.29, 1.82) is 0 Å². The van der Waals surface area contributed by atoms with Crippen LogP contribution in [0.15, 0.2) is 30.6 Å². The first-order valence-corrected chi connectivity index (χ1v) is 33.8. The van der Waals surface area contributed by atoms with Crippen molar-refractivity contribution in [3.8, 4) is 30.1 Å². The molecule has 1 amide bonds. The molecule has 1 N–H and O–H groups in total. The van der Waals surface area contributed by atoms with Crippen LogP contribution in [-0.2, 0) is 107 Å². The van der Waals surface area contributed by atoms with Gasteiger partial charge < -0.3 is 38.1 Å². The number of ether oxygens (including phenoxy) is 3. The van der Waals surface area contributed by atoms with Crippen LogP contribution in [0.3, 0.4) is 0 Å². The Hall–Kier alpha value is -8.05. The summed E-state index contributed by atoms with van der Waals surface area (Å²) < 4.78 is 181. The Bertz CT molecular complexity index is 3920. The fourth-order valence-corrected chi connectivity index (χ4v) is 9.55. The van der Waals surface area contributed by atoms with Crippen LogP contribution in [0.5, 0.6) is 17.8 Å². The van der Waals surface area contributed by atoms with Crippen LogP contribution < -0.4 is 19.5 Å². The number of amides is 1. The van der Waals surface area contributed by atoms with E-state index in [9.17, 15) is 57.5 Å². The number of nitrogens with zero attached hydrogens (tertiary/aromatic N) is 16. The maximum atomic E-state index is 13.5. The minimum atomic E-state index is -4.51. The topological polar surface area (TPSA) is 198 Å². The molecule has 0 aliphatic carbocycles. The maximum absolute atomic E-state index is 13.5. The van der Waals surface area contributed by atoms with Crippen molar-refractivity contribution in [2.75, 3.05) is 41.5 Å². The largest absolute Gasteiger partial charge is 0.481 e. The van der Waals surface area contributed by atoms with Crippen molar-refractivity contribution in [3.05, 3.63) is 99.4 Å². The monoisotopic (exact) mass is 1510 g/mol. The zero-order chi connectivity index (χ0) is 82.1. The van der Waals surface area contributed by atoms with Crippen LogP contribution in [0.2, 0.25) is 0 Å². The minimum Gasteiger partial charge on any atom is -0.481 e. The number of carbonyl (C=O) groups excluding carboxylic acids is 1. The molecule has 8 rings (SSSR count). The molecule has 7 aromatic rings. The summed E-state index contributed by atoms with van der Waals surface area (Å²) in [7, 11) is 9.44. The normalized spacial score (nSPS) is 13.3. The van der Waals surface area contributed by atoms with E-state index in [0.717, 1.165) is 56.9 Å². The molecule has 0 atom stereocenters. The lowest BCUT2D eigenvalue weighted by Gasteiger charge is -2.24. The Morgan fingerprint density at radius 3 is 1.37 bits per heavy atom. The number of methoxy groups -OCH3 is 2. The zero-order valence-electron chi connectivity index (χ0n) is 67.3. The molecule has 594 valence electrons. The summed E-state index contributed by atoms with van der Waals surface area (Å²) in [6.45, 7) is 49.3. The van der Waals surface area contributed by atoms with Crippen LogP contribution in [0.25, 0.3) is 0 Å². The van der Waals surface area contributed by atoms with Gasteiger partial charge in [0.15, 0.2) is 23.0 Å². The number of aryl methyl sites for hydroxylation is 3. The quantitative estimate of drug-likeness (QED) is 0.106. The van der Waals surface area contributed by atoms with Gasteiger partial charge in [0.2, 0.25) is 17.7 Å². The summed E-state index contributed by atoms with van der Waals surface area (Å²) in [5.74, 6) is -4.33.